The number of hydrogen-bond acceptors (Lipinski definition) is 4. The monoisotopic (exact) mass is 426 g/mol. The van der Waals surface area contributed by atoms with E-state index in [1.165, 1.54) is 0 Å². The Hall–Kier alpha value is -3.40. The lowest BCUT2D eigenvalue weighted by molar-refractivity contribution is -0.124. The molecule has 0 aromatic heterocycles. The number of ether oxygens (including phenoxy) is 1. The fourth-order valence-corrected chi connectivity index (χ4v) is 4.32. The molecular formula is C28H30N2O2. The van der Waals surface area contributed by atoms with Crippen molar-refractivity contribution in [3.63, 3.8) is 0 Å². The molecule has 4 rings (SSSR count). The highest BCUT2D eigenvalue weighted by Crippen LogP contribution is 2.40. The topological polar surface area (TPSA) is 64.7 Å². The van der Waals surface area contributed by atoms with Crippen molar-refractivity contribution < 1.29 is 9.53 Å². The molecule has 1 atom stereocenters. The number of unbranched alkanes of at least 4 members (excludes halogenated alkanes) is 1. The van der Waals surface area contributed by atoms with E-state index in [1.54, 1.807) is 0 Å². The molecule has 2 N–H and O–H groups in total. The van der Waals surface area contributed by atoms with Crippen LogP contribution in [0.3, 0.4) is 0 Å². The van der Waals surface area contributed by atoms with Gasteiger partial charge in [0.25, 0.3) is 0 Å². The first-order valence-corrected chi connectivity index (χ1v) is 11.3. The Bertz CT molecular complexity index is 1020. The van der Waals surface area contributed by atoms with Gasteiger partial charge in [-0.1, -0.05) is 86.1 Å². The van der Waals surface area contributed by atoms with Crippen LogP contribution in [-0.4, -0.2) is 18.2 Å². The third-order valence-corrected chi connectivity index (χ3v) is 6.11. The first-order chi connectivity index (χ1) is 15.6. The van der Waals surface area contributed by atoms with Gasteiger partial charge in [-0.2, -0.15) is 0 Å². The van der Waals surface area contributed by atoms with E-state index in [9.17, 15) is 4.79 Å². The molecule has 0 bridgehead atoms. The first-order valence-electron chi connectivity index (χ1n) is 11.3. The maximum absolute atomic E-state index is 13.7. The Labute approximate surface area is 190 Å². The molecule has 164 valence electrons. The average molecular weight is 427 g/mol. The highest BCUT2D eigenvalue weighted by Gasteiger charge is 2.46. The second-order valence-corrected chi connectivity index (χ2v) is 8.35. The van der Waals surface area contributed by atoms with Crippen LogP contribution in [0.15, 0.2) is 89.9 Å². The van der Waals surface area contributed by atoms with Crippen molar-refractivity contribution in [3.8, 4) is 5.75 Å². The molecule has 3 aromatic rings. The SMILES string of the molecule is CCCCOc1ccc(C[C@H]2CC(=O)C(c3ccccc3)(c3ccccc3)N=C2N)cc1. The van der Waals surface area contributed by atoms with Crippen molar-refractivity contribution in [1.29, 1.82) is 0 Å². The van der Waals surface area contributed by atoms with Gasteiger partial charge in [0.15, 0.2) is 11.3 Å². The highest BCUT2D eigenvalue weighted by atomic mass is 16.5. The molecule has 1 heterocycles. The molecule has 1 aliphatic heterocycles. The molecule has 0 radical (unpaired) electrons. The van der Waals surface area contributed by atoms with Gasteiger partial charge in [-0.25, -0.2) is 4.99 Å². The number of aliphatic imine (C=N–C) groups is 1. The predicted molar refractivity (Wildman–Crippen MR) is 129 cm³/mol. The molecule has 0 saturated carbocycles. The second kappa shape index (κ2) is 9.82. The van der Waals surface area contributed by atoms with Gasteiger partial charge in [-0.05, 0) is 41.7 Å². The zero-order chi connectivity index (χ0) is 22.4. The van der Waals surface area contributed by atoms with Gasteiger partial charge < -0.3 is 10.5 Å². The fourth-order valence-electron chi connectivity index (χ4n) is 4.32. The molecule has 0 spiro atoms. The number of nitrogens with zero attached hydrogens (tertiary/aromatic N) is 1. The summed E-state index contributed by atoms with van der Waals surface area (Å²) in [5.41, 5.74) is 8.27. The van der Waals surface area contributed by atoms with Crippen molar-refractivity contribution in [2.45, 2.75) is 38.1 Å². The zero-order valence-electron chi connectivity index (χ0n) is 18.5. The number of nitrogens with two attached hydrogens (primary N) is 1. The molecule has 32 heavy (non-hydrogen) atoms. The lowest BCUT2D eigenvalue weighted by Crippen LogP contribution is -2.46. The first kappa shape index (κ1) is 21.8. The van der Waals surface area contributed by atoms with Gasteiger partial charge >= 0.3 is 0 Å². The molecule has 0 amide bonds. The fraction of sp³-hybridized carbons (Fsp3) is 0.286. The molecular weight excluding hydrogens is 396 g/mol. The summed E-state index contributed by atoms with van der Waals surface area (Å²) in [6, 6.07) is 27.6. The quantitative estimate of drug-likeness (QED) is 0.497. The normalized spacial score (nSPS) is 17.6. The Balaban J connectivity index is 1.60. The van der Waals surface area contributed by atoms with Crippen LogP contribution >= 0.6 is 0 Å². The Morgan fingerprint density at radius 3 is 2.09 bits per heavy atom. The van der Waals surface area contributed by atoms with Gasteiger partial charge in [-0.3, -0.25) is 4.79 Å². The number of hydrogen-bond donors (Lipinski definition) is 1. The zero-order valence-corrected chi connectivity index (χ0v) is 18.5. The summed E-state index contributed by atoms with van der Waals surface area (Å²) < 4.78 is 5.75. The van der Waals surface area contributed by atoms with Crippen molar-refractivity contribution in [2.24, 2.45) is 16.6 Å². The van der Waals surface area contributed by atoms with E-state index in [0.29, 0.717) is 18.7 Å². The van der Waals surface area contributed by atoms with Gasteiger partial charge in [0, 0.05) is 12.3 Å². The van der Waals surface area contributed by atoms with Crippen LogP contribution in [0, 0.1) is 5.92 Å². The van der Waals surface area contributed by atoms with Gasteiger partial charge in [0.05, 0.1) is 12.4 Å². The lowest BCUT2D eigenvalue weighted by Gasteiger charge is -2.36. The number of benzene rings is 3. The molecule has 0 fully saturated rings. The minimum atomic E-state index is -1.08. The molecule has 4 nitrogen and oxygen atoms in total. The largest absolute Gasteiger partial charge is 0.494 e. The number of amidine groups is 1. The third-order valence-electron chi connectivity index (χ3n) is 6.11. The van der Waals surface area contributed by atoms with Crippen LogP contribution in [0.25, 0.3) is 0 Å². The summed E-state index contributed by atoms with van der Waals surface area (Å²) in [6.45, 7) is 2.88. The Morgan fingerprint density at radius 1 is 0.938 bits per heavy atom. The van der Waals surface area contributed by atoms with Crippen LogP contribution in [-0.2, 0) is 16.8 Å². The minimum absolute atomic E-state index is 0.0774. The molecule has 3 aromatic carbocycles. The summed E-state index contributed by atoms with van der Waals surface area (Å²) >= 11 is 0. The molecule has 0 aliphatic carbocycles. The molecule has 1 aliphatic rings. The van der Waals surface area contributed by atoms with Gasteiger partial charge in [-0.15, -0.1) is 0 Å². The summed E-state index contributed by atoms with van der Waals surface area (Å²) in [4.78, 5) is 18.6. The maximum atomic E-state index is 13.7. The predicted octanol–water partition coefficient (Wildman–Crippen LogP) is 5.30. The summed E-state index contributed by atoms with van der Waals surface area (Å²) in [5, 5.41) is 0. The van der Waals surface area contributed by atoms with E-state index < -0.39 is 5.54 Å². The average Bonchev–Trinajstić information content (AvgIpc) is 2.83. The van der Waals surface area contributed by atoms with Gasteiger partial charge in [0.1, 0.15) is 5.75 Å². The minimum Gasteiger partial charge on any atom is -0.494 e. The van der Waals surface area contributed by atoms with E-state index in [1.807, 2.05) is 72.8 Å². The maximum Gasteiger partial charge on any atom is 0.171 e. The van der Waals surface area contributed by atoms with E-state index >= 15 is 0 Å². The van der Waals surface area contributed by atoms with E-state index in [2.05, 4.69) is 19.1 Å². The van der Waals surface area contributed by atoms with Crippen LogP contribution in [0.5, 0.6) is 5.75 Å². The van der Waals surface area contributed by atoms with E-state index in [4.69, 9.17) is 15.5 Å². The number of carbonyl (C=O) groups is 1. The van der Waals surface area contributed by atoms with E-state index in [0.717, 1.165) is 41.9 Å². The van der Waals surface area contributed by atoms with Crippen LogP contribution in [0.2, 0.25) is 0 Å². The van der Waals surface area contributed by atoms with Crippen LogP contribution in [0.4, 0.5) is 0 Å². The Morgan fingerprint density at radius 2 is 1.53 bits per heavy atom. The van der Waals surface area contributed by atoms with E-state index in [-0.39, 0.29) is 11.7 Å². The Kier molecular flexibility index (Phi) is 6.69. The van der Waals surface area contributed by atoms with Crippen molar-refractivity contribution in [2.75, 3.05) is 6.61 Å². The molecule has 0 saturated heterocycles. The van der Waals surface area contributed by atoms with Crippen molar-refractivity contribution in [3.05, 3.63) is 102 Å². The number of carbonyl (C=O) groups excluding carboxylic acids is 1. The smallest absolute Gasteiger partial charge is 0.171 e. The molecule has 4 heteroatoms. The van der Waals surface area contributed by atoms with Crippen LogP contribution in [0.1, 0.15) is 42.9 Å². The molecule has 0 unspecified atom stereocenters. The van der Waals surface area contributed by atoms with Crippen LogP contribution < -0.4 is 10.5 Å². The summed E-state index contributed by atoms with van der Waals surface area (Å²) in [7, 11) is 0. The lowest BCUT2D eigenvalue weighted by atomic mass is 9.73. The number of Topliss-reactive ketones (excluding diaryl/α,β-unsaturated/α-hetero) is 1. The van der Waals surface area contributed by atoms with Crippen molar-refractivity contribution in [1.82, 2.24) is 0 Å². The second-order valence-electron chi connectivity index (χ2n) is 8.35. The standard InChI is InChI=1S/C28H30N2O2/c1-2-3-18-32-25-16-14-21(15-17-25)19-22-20-26(31)28(30-27(22)29,23-10-6-4-7-11-23)24-12-8-5-9-13-24/h4-17,22H,2-3,18-20H2,1H3,(H2,29,30)/t22-/m0/s1. The van der Waals surface area contributed by atoms with Crippen molar-refractivity contribution >= 4 is 11.6 Å². The summed E-state index contributed by atoms with van der Waals surface area (Å²) in [6.07, 6.45) is 3.19. The summed E-state index contributed by atoms with van der Waals surface area (Å²) in [5.74, 6) is 1.36. The number of rotatable bonds is 8. The third kappa shape index (κ3) is 4.45. The number of ketones is 1. The highest BCUT2D eigenvalue weighted by molar-refractivity contribution is 6.02. The van der Waals surface area contributed by atoms with Gasteiger partial charge in [0.2, 0.25) is 0 Å².